The highest BCUT2D eigenvalue weighted by Gasteiger charge is 2.13. The molecule has 0 bridgehead atoms. The van der Waals surface area contributed by atoms with Crippen LogP contribution in [0.25, 0.3) is 0 Å². The molecule has 1 N–H and O–H groups in total. The second-order valence-electron chi connectivity index (χ2n) is 5.18. The van der Waals surface area contributed by atoms with Gasteiger partial charge in [0, 0.05) is 6.04 Å². The van der Waals surface area contributed by atoms with Crippen LogP contribution in [0.2, 0.25) is 0 Å². The summed E-state index contributed by atoms with van der Waals surface area (Å²) in [5, 5.41) is 3.20. The third kappa shape index (κ3) is 3.42. The zero-order valence-corrected chi connectivity index (χ0v) is 12.0. The molecule has 0 fully saturated rings. The minimum atomic E-state index is -0.228. The van der Waals surface area contributed by atoms with Crippen molar-refractivity contribution in [3.8, 4) is 0 Å². The second-order valence-corrected chi connectivity index (χ2v) is 5.18. The summed E-state index contributed by atoms with van der Waals surface area (Å²) in [6, 6.07) is 9.83. The topological polar surface area (TPSA) is 12.0 Å². The molecule has 1 unspecified atom stereocenters. The third-order valence-electron chi connectivity index (χ3n) is 3.54. The van der Waals surface area contributed by atoms with Gasteiger partial charge >= 0.3 is 0 Å². The molecule has 0 amide bonds. The monoisotopic (exact) mass is 275 g/mol. The lowest BCUT2D eigenvalue weighted by Crippen LogP contribution is -2.19. The number of rotatable bonds is 4. The van der Waals surface area contributed by atoms with Gasteiger partial charge in [-0.15, -0.1) is 0 Å². The van der Waals surface area contributed by atoms with Gasteiger partial charge in [-0.1, -0.05) is 12.1 Å². The third-order valence-corrected chi connectivity index (χ3v) is 3.54. The summed E-state index contributed by atoms with van der Waals surface area (Å²) in [5.74, 6) is -0.454. The highest BCUT2D eigenvalue weighted by molar-refractivity contribution is 5.31. The SMILES string of the molecule is CNC(Cc1ccc(F)cc1C)c1cc(C)cc(F)c1. The zero-order valence-electron chi connectivity index (χ0n) is 12.0. The Morgan fingerprint density at radius 1 is 1.00 bits per heavy atom. The molecule has 0 saturated heterocycles. The van der Waals surface area contributed by atoms with Gasteiger partial charge in [-0.25, -0.2) is 8.78 Å². The molecule has 1 nitrogen and oxygen atoms in total. The first-order valence-electron chi connectivity index (χ1n) is 6.69. The fourth-order valence-corrected chi connectivity index (χ4v) is 2.46. The lowest BCUT2D eigenvalue weighted by molar-refractivity contribution is 0.573. The Hall–Kier alpha value is -1.74. The van der Waals surface area contributed by atoms with E-state index in [4.69, 9.17) is 0 Å². The quantitative estimate of drug-likeness (QED) is 0.886. The summed E-state index contributed by atoms with van der Waals surface area (Å²) >= 11 is 0. The molecule has 0 aliphatic carbocycles. The summed E-state index contributed by atoms with van der Waals surface area (Å²) in [6.45, 7) is 3.77. The van der Waals surface area contributed by atoms with Crippen molar-refractivity contribution >= 4 is 0 Å². The highest BCUT2D eigenvalue weighted by Crippen LogP contribution is 2.22. The fraction of sp³-hybridized carbons (Fsp3) is 0.294. The Kier molecular flexibility index (Phi) is 4.50. The van der Waals surface area contributed by atoms with E-state index in [1.54, 1.807) is 12.1 Å². The molecule has 0 aliphatic rings. The lowest BCUT2D eigenvalue weighted by Gasteiger charge is -2.19. The molecule has 0 heterocycles. The van der Waals surface area contributed by atoms with Crippen LogP contribution < -0.4 is 5.32 Å². The predicted molar refractivity (Wildman–Crippen MR) is 77.8 cm³/mol. The van der Waals surface area contributed by atoms with Gasteiger partial charge in [0.1, 0.15) is 11.6 Å². The summed E-state index contributed by atoms with van der Waals surface area (Å²) in [5.41, 5.74) is 3.79. The predicted octanol–water partition coefficient (Wildman–Crippen LogP) is 4.08. The molecule has 2 rings (SSSR count). The van der Waals surface area contributed by atoms with Gasteiger partial charge in [0.05, 0.1) is 0 Å². The van der Waals surface area contributed by atoms with E-state index in [1.807, 2.05) is 27.0 Å². The van der Waals surface area contributed by atoms with Crippen molar-refractivity contribution in [3.05, 3.63) is 70.3 Å². The number of hydrogen-bond acceptors (Lipinski definition) is 1. The van der Waals surface area contributed by atoms with Crippen molar-refractivity contribution in [1.82, 2.24) is 5.32 Å². The largest absolute Gasteiger partial charge is 0.313 e. The first-order chi connectivity index (χ1) is 9.49. The molecule has 0 radical (unpaired) electrons. The summed E-state index contributed by atoms with van der Waals surface area (Å²) in [4.78, 5) is 0. The van der Waals surface area contributed by atoms with Crippen LogP contribution in [0.1, 0.15) is 28.3 Å². The van der Waals surface area contributed by atoms with Crippen molar-refractivity contribution in [2.75, 3.05) is 7.05 Å². The van der Waals surface area contributed by atoms with Crippen LogP contribution in [-0.2, 0) is 6.42 Å². The maximum atomic E-state index is 13.5. The van der Waals surface area contributed by atoms with Crippen molar-refractivity contribution in [2.24, 2.45) is 0 Å². The summed E-state index contributed by atoms with van der Waals surface area (Å²) < 4.78 is 26.6. The minimum absolute atomic E-state index is 0.00793. The smallest absolute Gasteiger partial charge is 0.123 e. The fourth-order valence-electron chi connectivity index (χ4n) is 2.46. The molecule has 2 aromatic carbocycles. The molecule has 1 atom stereocenters. The van der Waals surface area contributed by atoms with E-state index in [2.05, 4.69) is 5.32 Å². The van der Waals surface area contributed by atoms with E-state index in [9.17, 15) is 8.78 Å². The standard InChI is InChI=1S/C17H19F2N/c1-11-6-14(9-16(19)7-11)17(20-3)10-13-4-5-15(18)8-12(13)2/h4-9,17,20H,10H2,1-3H3. The van der Waals surface area contributed by atoms with Crippen molar-refractivity contribution in [1.29, 1.82) is 0 Å². The molecule has 106 valence electrons. The van der Waals surface area contributed by atoms with E-state index >= 15 is 0 Å². The lowest BCUT2D eigenvalue weighted by atomic mass is 9.95. The number of nitrogens with one attached hydrogen (secondary N) is 1. The van der Waals surface area contributed by atoms with E-state index in [-0.39, 0.29) is 17.7 Å². The zero-order chi connectivity index (χ0) is 14.7. The number of benzene rings is 2. The molecule has 0 saturated carbocycles. The maximum absolute atomic E-state index is 13.5. The summed E-state index contributed by atoms with van der Waals surface area (Å²) in [7, 11) is 1.85. The maximum Gasteiger partial charge on any atom is 0.123 e. The number of aryl methyl sites for hydroxylation is 2. The van der Waals surface area contributed by atoms with E-state index in [1.165, 1.54) is 18.2 Å². The van der Waals surface area contributed by atoms with Gasteiger partial charge in [-0.05, 0) is 73.8 Å². The number of halogens is 2. The van der Waals surface area contributed by atoms with Crippen molar-refractivity contribution in [2.45, 2.75) is 26.3 Å². The van der Waals surface area contributed by atoms with Crippen molar-refractivity contribution in [3.63, 3.8) is 0 Å². The van der Waals surface area contributed by atoms with Crippen LogP contribution in [0.4, 0.5) is 8.78 Å². The Morgan fingerprint density at radius 3 is 2.35 bits per heavy atom. The van der Waals surface area contributed by atoms with Crippen LogP contribution in [0.3, 0.4) is 0 Å². The van der Waals surface area contributed by atoms with Gasteiger partial charge in [0.25, 0.3) is 0 Å². The molecular formula is C17H19F2N. The van der Waals surface area contributed by atoms with Gasteiger partial charge in [0.15, 0.2) is 0 Å². The molecule has 0 spiro atoms. The van der Waals surface area contributed by atoms with Gasteiger partial charge < -0.3 is 5.32 Å². The molecule has 0 aliphatic heterocycles. The van der Waals surface area contributed by atoms with Crippen LogP contribution >= 0.6 is 0 Å². The molecule has 0 aromatic heterocycles. The second kappa shape index (κ2) is 6.14. The van der Waals surface area contributed by atoms with Crippen LogP contribution in [-0.4, -0.2) is 7.05 Å². The molecule has 3 heteroatoms. The van der Waals surface area contributed by atoms with Crippen molar-refractivity contribution < 1.29 is 8.78 Å². The number of likely N-dealkylation sites (N-methyl/N-ethyl adjacent to an activating group) is 1. The minimum Gasteiger partial charge on any atom is -0.313 e. The van der Waals surface area contributed by atoms with E-state index < -0.39 is 0 Å². The Morgan fingerprint density at radius 2 is 1.75 bits per heavy atom. The first-order valence-corrected chi connectivity index (χ1v) is 6.69. The molecule has 20 heavy (non-hydrogen) atoms. The normalized spacial score (nSPS) is 12.4. The van der Waals surface area contributed by atoms with Gasteiger partial charge in [-0.2, -0.15) is 0 Å². The van der Waals surface area contributed by atoms with Crippen LogP contribution in [0.5, 0.6) is 0 Å². The Balaban J connectivity index is 2.28. The highest BCUT2D eigenvalue weighted by atomic mass is 19.1. The molecular weight excluding hydrogens is 256 g/mol. The Labute approximate surface area is 118 Å². The first kappa shape index (κ1) is 14.7. The average Bonchev–Trinajstić information content (AvgIpc) is 2.36. The summed E-state index contributed by atoms with van der Waals surface area (Å²) in [6.07, 6.45) is 0.700. The average molecular weight is 275 g/mol. The van der Waals surface area contributed by atoms with Gasteiger partial charge in [-0.3, -0.25) is 0 Å². The Bertz CT molecular complexity index is 588. The number of hydrogen-bond donors (Lipinski definition) is 1. The van der Waals surface area contributed by atoms with E-state index in [0.717, 1.165) is 22.3 Å². The molecule has 2 aromatic rings. The van der Waals surface area contributed by atoms with Crippen LogP contribution in [0, 0.1) is 25.5 Å². The van der Waals surface area contributed by atoms with Gasteiger partial charge in [0.2, 0.25) is 0 Å². The van der Waals surface area contributed by atoms with E-state index in [0.29, 0.717) is 6.42 Å². The van der Waals surface area contributed by atoms with Crippen LogP contribution in [0.15, 0.2) is 36.4 Å².